The topological polar surface area (TPSA) is 3.24 Å². The van der Waals surface area contributed by atoms with Gasteiger partial charge in [-0.15, -0.1) is 0 Å². The third-order valence-corrected chi connectivity index (χ3v) is 3.66. The largest absolute Gasteiger partial charge is 0.292 e. The first kappa shape index (κ1) is 14.8. The molecule has 0 aromatic heterocycles. The highest BCUT2D eigenvalue weighted by Crippen LogP contribution is 2.23. The molecule has 0 aliphatic heterocycles. The molecule has 0 fully saturated rings. The first-order valence-electron chi connectivity index (χ1n) is 7.49. The van der Waals surface area contributed by atoms with E-state index in [1.165, 1.54) is 11.1 Å². The van der Waals surface area contributed by atoms with E-state index in [9.17, 15) is 0 Å². The molecule has 0 heterocycles. The van der Waals surface area contributed by atoms with Gasteiger partial charge in [0.2, 0.25) is 0 Å². The summed E-state index contributed by atoms with van der Waals surface area (Å²) in [5.74, 6) is 0.671. The second-order valence-electron chi connectivity index (χ2n) is 5.90. The van der Waals surface area contributed by atoms with Crippen LogP contribution in [-0.4, -0.2) is 11.4 Å². The van der Waals surface area contributed by atoms with Crippen molar-refractivity contribution < 1.29 is 0 Å². The van der Waals surface area contributed by atoms with E-state index in [4.69, 9.17) is 0 Å². The maximum absolute atomic E-state index is 2.56. The number of hydrogen-bond donors (Lipinski definition) is 0. The van der Waals surface area contributed by atoms with E-state index in [1.54, 1.807) is 0 Å². The fraction of sp³-hybridized carbons (Fsp3) is 0.368. The summed E-state index contributed by atoms with van der Waals surface area (Å²) in [6, 6.07) is 22.0. The summed E-state index contributed by atoms with van der Waals surface area (Å²) in [6.45, 7) is 9.01. The quantitative estimate of drug-likeness (QED) is 0.719. The molecule has 0 amide bonds. The molecule has 0 unspecified atom stereocenters. The normalized spacial score (nSPS) is 12.8. The van der Waals surface area contributed by atoms with E-state index in [1.807, 2.05) is 0 Å². The van der Waals surface area contributed by atoms with Crippen LogP contribution in [0.1, 0.15) is 37.9 Å². The highest BCUT2D eigenvalue weighted by molar-refractivity contribution is 5.20. The van der Waals surface area contributed by atoms with Crippen molar-refractivity contribution in [3.8, 4) is 0 Å². The molecule has 0 saturated heterocycles. The van der Waals surface area contributed by atoms with Gasteiger partial charge in [-0.1, -0.05) is 74.5 Å². The minimum Gasteiger partial charge on any atom is -0.292 e. The molecule has 0 bridgehead atoms. The number of hydrogen-bond acceptors (Lipinski definition) is 1. The van der Waals surface area contributed by atoms with Gasteiger partial charge in [0, 0.05) is 19.1 Å². The molecule has 2 aromatic rings. The van der Waals surface area contributed by atoms with Crippen molar-refractivity contribution in [2.24, 2.45) is 5.92 Å². The van der Waals surface area contributed by atoms with Crippen LogP contribution in [0.25, 0.3) is 0 Å². The van der Waals surface area contributed by atoms with Crippen molar-refractivity contribution in [2.45, 2.75) is 33.4 Å². The summed E-state index contributed by atoms with van der Waals surface area (Å²) in [5, 5.41) is 0. The molecule has 106 valence electrons. The Hall–Kier alpha value is -1.60. The Bertz CT molecular complexity index is 490. The van der Waals surface area contributed by atoms with Gasteiger partial charge in [-0.05, 0) is 24.0 Å². The average Bonchev–Trinajstić information content (AvgIpc) is 2.47. The summed E-state index contributed by atoms with van der Waals surface area (Å²) in [5.41, 5.74) is 2.78. The standard InChI is InChI=1S/C19H25N/c1-16(2)14-20(15-18-10-6-4-7-11-18)17(3)19-12-8-5-9-13-19/h4-13,16-17H,14-15H2,1-3H3/t17-/m1/s1. The second-order valence-corrected chi connectivity index (χ2v) is 5.90. The molecule has 0 spiro atoms. The zero-order valence-electron chi connectivity index (χ0n) is 12.8. The molecular weight excluding hydrogens is 242 g/mol. The van der Waals surface area contributed by atoms with Crippen LogP contribution in [0.4, 0.5) is 0 Å². The zero-order valence-corrected chi connectivity index (χ0v) is 12.8. The van der Waals surface area contributed by atoms with Crippen LogP contribution in [0.5, 0.6) is 0 Å². The van der Waals surface area contributed by atoms with Crippen molar-refractivity contribution >= 4 is 0 Å². The van der Waals surface area contributed by atoms with E-state index in [0.29, 0.717) is 12.0 Å². The average molecular weight is 267 g/mol. The molecule has 0 radical (unpaired) electrons. The molecule has 1 heteroatoms. The minimum atomic E-state index is 0.443. The molecule has 0 aliphatic carbocycles. The summed E-state index contributed by atoms with van der Waals surface area (Å²) in [7, 11) is 0. The lowest BCUT2D eigenvalue weighted by molar-refractivity contribution is 0.178. The molecule has 0 saturated carbocycles. The molecule has 1 nitrogen and oxygen atoms in total. The first-order chi connectivity index (χ1) is 9.66. The van der Waals surface area contributed by atoms with Crippen molar-refractivity contribution in [1.82, 2.24) is 4.90 Å². The summed E-state index contributed by atoms with van der Waals surface area (Å²) in [6.07, 6.45) is 0. The maximum Gasteiger partial charge on any atom is 0.0323 e. The van der Waals surface area contributed by atoms with Gasteiger partial charge in [-0.2, -0.15) is 0 Å². The van der Waals surface area contributed by atoms with Crippen molar-refractivity contribution in [3.63, 3.8) is 0 Å². The summed E-state index contributed by atoms with van der Waals surface area (Å²) >= 11 is 0. The fourth-order valence-electron chi connectivity index (χ4n) is 2.59. The van der Waals surface area contributed by atoms with Crippen molar-refractivity contribution in [1.29, 1.82) is 0 Å². The van der Waals surface area contributed by atoms with Crippen LogP contribution in [-0.2, 0) is 6.54 Å². The van der Waals surface area contributed by atoms with Gasteiger partial charge in [-0.25, -0.2) is 0 Å². The molecular formula is C19H25N. The van der Waals surface area contributed by atoms with Gasteiger partial charge in [0.05, 0.1) is 0 Å². The Kier molecular flexibility index (Phi) is 5.37. The third kappa shape index (κ3) is 4.21. The van der Waals surface area contributed by atoms with Crippen molar-refractivity contribution in [2.75, 3.05) is 6.54 Å². The molecule has 20 heavy (non-hydrogen) atoms. The smallest absolute Gasteiger partial charge is 0.0323 e. The number of nitrogens with zero attached hydrogens (tertiary/aromatic N) is 1. The minimum absolute atomic E-state index is 0.443. The van der Waals surface area contributed by atoms with Crippen LogP contribution in [0.2, 0.25) is 0 Å². The zero-order chi connectivity index (χ0) is 14.4. The van der Waals surface area contributed by atoms with Crippen LogP contribution in [0.3, 0.4) is 0 Å². The lowest BCUT2D eigenvalue weighted by atomic mass is 10.0. The fourth-order valence-corrected chi connectivity index (χ4v) is 2.59. The SMILES string of the molecule is CC(C)CN(Cc1ccccc1)[C@H](C)c1ccccc1. The highest BCUT2D eigenvalue weighted by atomic mass is 15.1. The van der Waals surface area contributed by atoms with Gasteiger partial charge < -0.3 is 0 Å². The predicted octanol–water partition coefficient (Wildman–Crippen LogP) is 4.91. The Morgan fingerprint density at radius 1 is 0.800 bits per heavy atom. The Labute approximate surface area is 123 Å². The van der Waals surface area contributed by atoms with Gasteiger partial charge >= 0.3 is 0 Å². The van der Waals surface area contributed by atoms with Crippen LogP contribution < -0.4 is 0 Å². The Morgan fingerprint density at radius 2 is 1.35 bits per heavy atom. The summed E-state index contributed by atoms with van der Waals surface area (Å²) < 4.78 is 0. The summed E-state index contributed by atoms with van der Waals surface area (Å²) in [4.78, 5) is 2.56. The van der Waals surface area contributed by atoms with E-state index in [2.05, 4.69) is 86.3 Å². The maximum atomic E-state index is 2.56. The molecule has 2 aromatic carbocycles. The van der Waals surface area contributed by atoms with E-state index in [-0.39, 0.29) is 0 Å². The molecule has 0 aliphatic rings. The van der Waals surface area contributed by atoms with Gasteiger partial charge in [0.15, 0.2) is 0 Å². The van der Waals surface area contributed by atoms with Gasteiger partial charge in [-0.3, -0.25) is 4.90 Å². The monoisotopic (exact) mass is 267 g/mol. The molecule has 0 N–H and O–H groups in total. The molecule has 2 rings (SSSR count). The van der Waals surface area contributed by atoms with Gasteiger partial charge in [0.25, 0.3) is 0 Å². The lowest BCUT2D eigenvalue weighted by Crippen LogP contribution is -2.30. The number of rotatable bonds is 6. The van der Waals surface area contributed by atoms with Crippen LogP contribution >= 0.6 is 0 Å². The van der Waals surface area contributed by atoms with E-state index in [0.717, 1.165) is 13.1 Å². The second kappa shape index (κ2) is 7.25. The predicted molar refractivity (Wildman–Crippen MR) is 86.5 cm³/mol. The highest BCUT2D eigenvalue weighted by Gasteiger charge is 2.16. The Balaban J connectivity index is 2.15. The van der Waals surface area contributed by atoms with Crippen LogP contribution in [0, 0.1) is 5.92 Å². The van der Waals surface area contributed by atoms with Crippen LogP contribution in [0.15, 0.2) is 60.7 Å². The number of benzene rings is 2. The lowest BCUT2D eigenvalue weighted by Gasteiger charge is -2.31. The molecule has 1 atom stereocenters. The van der Waals surface area contributed by atoms with Gasteiger partial charge in [0.1, 0.15) is 0 Å². The first-order valence-corrected chi connectivity index (χ1v) is 7.49. The third-order valence-electron chi connectivity index (χ3n) is 3.66. The van der Waals surface area contributed by atoms with E-state index < -0.39 is 0 Å². The van der Waals surface area contributed by atoms with Crippen molar-refractivity contribution in [3.05, 3.63) is 71.8 Å². The Morgan fingerprint density at radius 3 is 1.90 bits per heavy atom. The van der Waals surface area contributed by atoms with E-state index >= 15 is 0 Å².